The zero-order valence-electron chi connectivity index (χ0n) is 17.1. The van der Waals surface area contributed by atoms with Gasteiger partial charge in [-0.05, 0) is 60.2 Å². The molecule has 0 radical (unpaired) electrons. The summed E-state index contributed by atoms with van der Waals surface area (Å²) >= 11 is 0. The molecule has 2 N–H and O–H groups in total. The van der Waals surface area contributed by atoms with Gasteiger partial charge in [-0.3, -0.25) is 4.79 Å². The Morgan fingerprint density at radius 1 is 1.24 bits per heavy atom. The highest BCUT2D eigenvalue weighted by molar-refractivity contribution is 5.75. The smallest absolute Gasteiger partial charge is 0.216 e. The molecule has 1 amide bonds. The highest BCUT2D eigenvalue weighted by atomic mass is 16.7. The number of amides is 1. The lowest BCUT2D eigenvalue weighted by Crippen LogP contribution is -2.32. The van der Waals surface area contributed by atoms with Crippen molar-refractivity contribution in [2.75, 3.05) is 13.2 Å². The number of aliphatic hydroxyl groups is 1. The van der Waals surface area contributed by atoms with Crippen LogP contribution < -0.4 is 10.1 Å². The number of aliphatic hydroxyl groups excluding tert-OH is 1. The normalized spacial score (nSPS) is 18.9. The van der Waals surface area contributed by atoms with Gasteiger partial charge in [-0.25, -0.2) is 0 Å². The molecule has 2 aromatic carbocycles. The topological polar surface area (TPSA) is 67.8 Å². The van der Waals surface area contributed by atoms with Gasteiger partial charge < -0.3 is 19.9 Å². The van der Waals surface area contributed by atoms with Crippen LogP contribution in [0, 0.1) is 0 Å². The monoisotopic (exact) mass is 395 g/mol. The number of hydrogen-bond acceptors (Lipinski definition) is 4. The first kappa shape index (κ1) is 21.1. The summed E-state index contributed by atoms with van der Waals surface area (Å²) in [5.74, 6) is 0.692. The molecule has 3 rings (SSSR count). The van der Waals surface area contributed by atoms with Gasteiger partial charge in [-0.15, -0.1) is 0 Å². The van der Waals surface area contributed by atoms with Crippen LogP contribution in [0.3, 0.4) is 0 Å². The maximum absolute atomic E-state index is 11.2. The van der Waals surface area contributed by atoms with E-state index in [4.69, 9.17) is 9.47 Å². The van der Waals surface area contributed by atoms with Gasteiger partial charge in [0.25, 0.3) is 0 Å². The molecule has 29 heavy (non-hydrogen) atoms. The van der Waals surface area contributed by atoms with Crippen LogP contribution in [0.4, 0.5) is 0 Å². The zero-order chi connectivity index (χ0) is 20.8. The van der Waals surface area contributed by atoms with E-state index in [0.717, 1.165) is 40.0 Å². The van der Waals surface area contributed by atoms with Crippen LogP contribution in [-0.2, 0) is 16.0 Å². The van der Waals surface area contributed by atoms with Crippen molar-refractivity contribution in [3.05, 3.63) is 60.2 Å². The van der Waals surface area contributed by atoms with E-state index >= 15 is 0 Å². The van der Waals surface area contributed by atoms with Crippen molar-refractivity contribution in [1.82, 2.24) is 5.32 Å². The number of carbonyl (C=O) groups excluding carboxylic acids is 1. The molecule has 154 valence electrons. The van der Waals surface area contributed by atoms with Crippen LogP contribution in [0.2, 0.25) is 0 Å². The average Bonchev–Trinajstić information content (AvgIpc) is 2.70. The SMILES string of the molecule is C=C(C)c1cccc(-c2cc(OC3CCC(O)CO3)ccc2CCNC(C)=O)c1. The zero-order valence-corrected chi connectivity index (χ0v) is 17.1. The number of allylic oxidation sites excluding steroid dienone is 1. The predicted octanol–water partition coefficient (Wildman–Crippen LogP) is 3.94. The largest absolute Gasteiger partial charge is 0.465 e. The van der Waals surface area contributed by atoms with Crippen molar-refractivity contribution in [2.45, 2.75) is 45.5 Å². The van der Waals surface area contributed by atoms with E-state index in [1.165, 1.54) is 6.92 Å². The van der Waals surface area contributed by atoms with E-state index in [1.807, 2.05) is 37.3 Å². The summed E-state index contributed by atoms with van der Waals surface area (Å²) in [4.78, 5) is 11.2. The lowest BCUT2D eigenvalue weighted by molar-refractivity contribution is -0.141. The molecule has 0 aliphatic carbocycles. The number of hydrogen-bond donors (Lipinski definition) is 2. The molecular formula is C24H29NO4. The molecule has 5 nitrogen and oxygen atoms in total. The quantitative estimate of drug-likeness (QED) is 0.745. The number of carbonyl (C=O) groups is 1. The summed E-state index contributed by atoms with van der Waals surface area (Å²) in [6.07, 6.45) is 1.29. The minimum atomic E-state index is -0.411. The van der Waals surface area contributed by atoms with Gasteiger partial charge in [0.2, 0.25) is 5.91 Å². The van der Waals surface area contributed by atoms with Gasteiger partial charge in [0.15, 0.2) is 6.29 Å². The molecule has 2 atom stereocenters. The van der Waals surface area contributed by atoms with Crippen molar-refractivity contribution in [3.63, 3.8) is 0 Å². The third kappa shape index (κ3) is 5.92. The maximum atomic E-state index is 11.2. The first-order valence-electron chi connectivity index (χ1n) is 10.0. The van der Waals surface area contributed by atoms with Crippen molar-refractivity contribution in [2.24, 2.45) is 0 Å². The Morgan fingerprint density at radius 2 is 2.07 bits per heavy atom. The van der Waals surface area contributed by atoms with E-state index in [2.05, 4.69) is 24.0 Å². The second-order valence-electron chi connectivity index (χ2n) is 7.52. The molecule has 2 aromatic rings. The lowest BCUT2D eigenvalue weighted by atomic mass is 9.95. The number of nitrogens with one attached hydrogen (secondary N) is 1. The van der Waals surface area contributed by atoms with E-state index in [9.17, 15) is 9.90 Å². The van der Waals surface area contributed by atoms with E-state index in [0.29, 0.717) is 26.0 Å². The molecule has 0 aromatic heterocycles. The minimum Gasteiger partial charge on any atom is -0.465 e. The summed E-state index contributed by atoms with van der Waals surface area (Å²) in [5, 5.41) is 12.5. The Bertz CT molecular complexity index is 869. The summed E-state index contributed by atoms with van der Waals surface area (Å²) in [5.41, 5.74) is 5.37. The Morgan fingerprint density at radius 3 is 2.76 bits per heavy atom. The van der Waals surface area contributed by atoms with Crippen molar-refractivity contribution in [1.29, 1.82) is 0 Å². The fourth-order valence-corrected chi connectivity index (χ4v) is 3.40. The first-order chi connectivity index (χ1) is 13.9. The molecule has 1 heterocycles. The van der Waals surface area contributed by atoms with Crippen LogP contribution in [0.25, 0.3) is 16.7 Å². The van der Waals surface area contributed by atoms with Gasteiger partial charge in [-0.1, -0.05) is 36.4 Å². The number of ether oxygens (including phenoxy) is 2. The molecule has 0 bridgehead atoms. The van der Waals surface area contributed by atoms with Gasteiger partial charge in [0, 0.05) is 19.9 Å². The predicted molar refractivity (Wildman–Crippen MR) is 115 cm³/mol. The molecule has 5 heteroatoms. The third-order valence-corrected chi connectivity index (χ3v) is 4.99. The Balaban J connectivity index is 1.87. The van der Waals surface area contributed by atoms with Crippen molar-refractivity contribution >= 4 is 11.5 Å². The molecule has 1 aliphatic heterocycles. The Hall–Kier alpha value is -2.63. The summed E-state index contributed by atoms with van der Waals surface area (Å²) in [7, 11) is 0. The van der Waals surface area contributed by atoms with Crippen LogP contribution in [0.1, 0.15) is 37.8 Å². The van der Waals surface area contributed by atoms with E-state index in [1.54, 1.807) is 0 Å². The highest BCUT2D eigenvalue weighted by Gasteiger charge is 2.21. The average molecular weight is 395 g/mol. The van der Waals surface area contributed by atoms with Gasteiger partial charge in [0.05, 0.1) is 12.7 Å². The van der Waals surface area contributed by atoms with Gasteiger partial charge in [0.1, 0.15) is 5.75 Å². The Kier molecular flexibility index (Phi) is 7.07. The van der Waals surface area contributed by atoms with Crippen LogP contribution in [0.5, 0.6) is 5.75 Å². The minimum absolute atomic E-state index is 0.0348. The first-order valence-corrected chi connectivity index (χ1v) is 10.0. The summed E-state index contributed by atoms with van der Waals surface area (Å²) in [6, 6.07) is 14.3. The van der Waals surface area contributed by atoms with E-state index < -0.39 is 6.10 Å². The third-order valence-electron chi connectivity index (χ3n) is 4.99. The molecule has 1 fully saturated rings. The molecule has 0 spiro atoms. The fraction of sp³-hybridized carbons (Fsp3) is 0.375. The highest BCUT2D eigenvalue weighted by Crippen LogP contribution is 2.31. The summed E-state index contributed by atoms with van der Waals surface area (Å²) in [6.45, 7) is 8.43. The second-order valence-corrected chi connectivity index (χ2v) is 7.52. The number of rotatable bonds is 7. The fourth-order valence-electron chi connectivity index (χ4n) is 3.40. The van der Waals surface area contributed by atoms with Gasteiger partial charge in [-0.2, -0.15) is 0 Å². The van der Waals surface area contributed by atoms with Crippen LogP contribution >= 0.6 is 0 Å². The molecule has 0 saturated carbocycles. The Labute approximate surface area is 172 Å². The molecular weight excluding hydrogens is 366 g/mol. The summed E-state index contributed by atoms with van der Waals surface area (Å²) < 4.78 is 11.6. The standard InChI is InChI=1S/C24H29NO4/c1-16(2)19-5-4-6-20(13-19)23-14-22(29-24-10-8-21(27)15-28-24)9-7-18(23)11-12-25-17(3)26/h4-7,9,13-14,21,24,27H,1,8,10-12,15H2,2-3H3,(H,25,26). The van der Waals surface area contributed by atoms with Crippen molar-refractivity contribution < 1.29 is 19.4 Å². The lowest BCUT2D eigenvalue weighted by Gasteiger charge is -2.27. The second kappa shape index (κ2) is 9.72. The molecule has 2 unspecified atom stereocenters. The molecule has 1 aliphatic rings. The van der Waals surface area contributed by atoms with Gasteiger partial charge >= 0.3 is 0 Å². The van der Waals surface area contributed by atoms with Crippen molar-refractivity contribution in [3.8, 4) is 16.9 Å². The van der Waals surface area contributed by atoms with Crippen LogP contribution in [-0.4, -0.2) is 36.6 Å². The number of benzene rings is 2. The van der Waals surface area contributed by atoms with Crippen LogP contribution in [0.15, 0.2) is 49.0 Å². The van der Waals surface area contributed by atoms with E-state index in [-0.39, 0.29) is 12.2 Å². The maximum Gasteiger partial charge on any atom is 0.216 e. The molecule has 1 saturated heterocycles.